The molecule has 0 saturated heterocycles. The van der Waals surface area contributed by atoms with E-state index in [1.54, 1.807) is 48.5 Å². The van der Waals surface area contributed by atoms with E-state index in [1.165, 1.54) is 16.9 Å². The van der Waals surface area contributed by atoms with Crippen LogP contribution in [-0.2, 0) is 16.4 Å². The van der Waals surface area contributed by atoms with Crippen molar-refractivity contribution < 1.29 is 13.2 Å². The molecule has 1 N–H and O–H groups in total. The van der Waals surface area contributed by atoms with Crippen molar-refractivity contribution in [1.29, 1.82) is 0 Å². The number of nitrogens with zero attached hydrogens (tertiary/aromatic N) is 1. The second kappa shape index (κ2) is 8.55. The van der Waals surface area contributed by atoms with Crippen LogP contribution in [0.3, 0.4) is 0 Å². The van der Waals surface area contributed by atoms with Gasteiger partial charge in [0.1, 0.15) is 0 Å². The van der Waals surface area contributed by atoms with E-state index in [1.807, 2.05) is 19.1 Å². The summed E-state index contributed by atoms with van der Waals surface area (Å²) in [6.07, 6.45) is 2.95. The first-order valence-electron chi connectivity index (χ1n) is 10.4. The number of rotatable bonds is 5. The maximum Gasteiger partial charge on any atom is 0.264 e. The number of nitrogens with one attached hydrogen (secondary N) is 1. The van der Waals surface area contributed by atoms with Crippen LogP contribution >= 0.6 is 0 Å². The molecule has 0 bridgehead atoms. The summed E-state index contributed by atoms with van der Waals surface area (Å²) >= 11 is 0. The first-order chi connectivity index (χ1) is 14.9. The fourth-order valence-corrected chi connectivity index (χ4v) is 5.18. The Hall–Kier alpha value is -3.12. The molecule has 6 heteroatoms. The number of hydrogen-bond acceptors (Lipinski definition) is 3. The first kappa shape index (κ1) is 21.1. The number of aryl methyl sites for hydroxylation is 2. The minimum Gasteiger partial charge on any atom is -0.345 e. The molecule has 3 aromatic carbocycles. The molecule has 0 saturated carbocycles. The van der Waals surface area contributed by atoms with Crippen molar-refractivity contribution in [2.75, 3.05) is 11.4 Å². The summed E-state index contributed by atoms with van der Waals surface area (Å²) in [5, 5.41) is 3.13. The second-order valence-electron chi connectivity index (χ2n) is 7.95. The van der Waals surface area contributed by atoms with Crippen molar-refractivity contribution in [3.05, 3.63) is 95.1 Å². The van der Waals surface area contributed by atoms with Crippen molar-refractivity contribution >= 4 is 21.6 Å². The van der Waals surface area contributed by atoms with Crippen molar-refractivity contribution in [2.24, 2.45) is 0 Å². The highest BCUT2D eigenvalue weighted by molar-refractivity contribution is 7.92. The van der Waals surface area contributed by atoms with Gasteiger partial charge >= 0.3 is 0 Å². The van der Waals surface area contributed by atoms with Gasteiger partial charge in [0.15, 0.2) is 0 Å². The van der Waals surface area contributed by atoms with Gasteiger partial charge in [0.2, 0.25) is 0 Å². The predicted octanol–water partition coefficient (Wildman–Crippen LogP) is 4.63. The number of anilines is 1. The van der Waals surface area contributed by atoms with E-state index >= 15 is 0 Å². The predicted molar refractivity (Wildman–Crippen MR) is 123 cm³/mol. The summed E-state index contributed by atoms with van der Waals surface area (Å²) in [5.41, 5.74) is 4.31. The molecule has 0 spiro atoms. The monoisotopic (exact) mass is 434 g/mol. The Kier molecular flexibility index (Phi) is 5.83. The molecule has 1 amide bonds. The number of carbonyl (C=O) groups excluding carboxylic acids is 1. The van der Waals surface area contributed by atoms with E-state index in [2.05, 4.69) is 17.4 Å². The summed E-state index contributed by atoms with van der Waals surface area (Å²) in [4.78, 5) is 13.2. The second-order valence-corrected chi connectivity index (χ2v) is 9.92. The smallest absolute Gasteiger partial charge is 0.264 e. The minimum atomic E-state index is -3.72. The van der Waals surface area contributed by atoms with Crippen LogP contribution in [0.4, 0.5) is 5.69 Å². The molecule has 160 valence electrons. The van der Waals surface area contributed by atoms with Crippen LogP contribution in [0, 0.1) is 6.92 Å². The van der Waals surface area contributed by atoms with E-state index in [0.29, 0.717) is 11.3 Å². The quantitative estimate of drug-likeness (QED) is 0.637. The third kappa shape index (κ3) is 4.35. The molecule has 5 nitrogen and oxygen atoms in total. The van der Waals surface area contributed by atoms with Crippen LogP contribution in [0.1, 0.15) is 45.9 Å². The van der Waals surface area contributed by atoms with E-state index in [-0.39, 0.29) is 16.8 Å². The third-order valence-corrected chi connectivity index (χ3v) is 7.63. The molecule has 1 atom stereocenters. The van der Waals surface area contributed by atoms with Crippen LogP contribution < -0.4 is 9.62 Å². The summed E-state index contributed by atoms with van der Waals surface area (Å²) in [7, 11) is -2.21. The van der Waals surface area contributed by atoms with Gasteiger partial charge in [0, 0.05) is 12.6 Å². The molecule has 0 unspecified atom stereocenters. The van der Waals surface area contributed by atoms with E-state index in [9.17, 15) is 13.2 Å². The molecule has 1 aliphatic carbocycles. The fraction of sp³-hybridized carbons (Fsp3) is 0.240. The summed E-state index contributed by atoms with van der Waals surface area (Å²) in [5.74, 6) is -0.204. The number of fused-ring (bicyclic) bond motifs is 1. The Labute approximate surface area is 183 Å². The maximum atomic E-state index is 13.0. The van der Waals surface area contributed by atoms with Crippen LogP contribution in [0.25, 0.3) is 0 Å². The SMILES string of the molecule is Cc1ccc(S(=O)(=O)N(C)c2cccc(C(=O)N[C@@H]3CCCc4ccccc43)c2)cc1. The van der Waals surface area contributed by atoms with Crippen LogP contribution in [-0.4, -0.2) is 21.4 Å². The van der Waals surface area contributed by atoms with Crippen LogP contribution in [0.5, 0.6) is 0 Å². The fourth-order valence-electron chi connectivity index (χ4n) is 4.00. The van der Waals surface area contributed by atoms with Crippen molar-refractivity contribution in [3.63, 3.8) is 0 Å². The Balaban J connectivity index is 1.56. The van der Waals surface area contributed by atoms with Gasteiger partial charge in [-0.05, 0) is 67.6 Å². The van der Waals surface area contributed by atoms with Crippen molar-refractivity contribution in [3.8, 4) is 0 Å². The highest BCUT2D eigenvalue weighted by Gasteiger charge is 2.24. The molecule has 31 heavy (non-hydrogen) atoms. The van der Waals surface area contributed by atoms with E-state index in [0.717, 1.165) is 30.4 Å². The molecule has 0 aliphatic heterocycles. The minimum absolute atomic E-state index is 0.0323. The number of hydrogen-bond donors (Lipinski definition) is 1. The van der Waals surface area contributed by atoms with E-state index in [4.69, 9.17) is 0 Å². The zero-order chi connectivity index (χ0) is 22.0. The van der Waals surface area contributed by atoms with E-state index < -0.39 is 10.0 Å². The highest BCUT2D eigenvalue weighted by Crippen LogP contribution is 2.30. The van der Waals surface area contributed by atoms with Gasteiger partial charge in [-0.2, -0.15) is 0 Å². The summed E-state index contributed by atoms with van der Waals surface area (Å²) < 4.78 is 27.2. The molecule has 0 fully saturated rings. The van der Waals surface area contributed by atoms with Gasteiger partial charge in [0.25, 0.3) is 15.9 Å². The maximum absolute atomic E-state index is 13.0. The summed E-state index contributed by atoms with van der Waals surface area (Å²) in [6, 6.07) is 21.6. The largest absolute Gasteiger partial charge is 0.345 e. The number of sulfonamides is 1. The number of benzene rings is 3. The lowest BCUT2D eigenvalue weighted by Gasteiger charge is -2.26. The molecule has 0 radical (unpaired) electrons. The lowest BCUT2D eigenvalue weighted by atomic mass is 9.87. The average Bonchev–Trinajstić information content (AvgIpc) is 2.79. The van der Waals surface area contributed by atoms with Crippen LogP contribution in [0.2, 0.25) is 0 Å². The Morgan fingerprint density at radius 3 is 2.52 bits per heavy atom. The standard InChI is InChI=1S/C25H26N2O3S/c1-18-13-15-22(16-14-18)31(29,30)27(2)21-10-5-9-20(17-21)25(28)26-24-12-6-8-19-7-3-4-11-23(19)24/h3-5,7,9-11,13-17,24H,6,8,12H2,1-2H3,(H,26,28)/t24-/m1/s1. The van der Waals surface area contributed by atoms with Gasteiger partial charge in [-0.1, -0.05) is 48.0 Å². The van der Waals surface area contributed by atoms with Gasteiger partial charge in [-0.15, -0.1) is 0 Å². The first-order valence-corrected chi connectivity index (χ1v) is 11.8. The Morgan fingerprint density at radius 2 is 1.74 bits per heavy atom. The van der Waals surface area contributed by atoms with Crippen molar-refractivity contribution in [1.82, 2.24) is 5.32 Å². The molecule has 0 heterocycles. The molecule has 3 aromatic rings. The topological polar surface area (TPSA) is 66.5 Å². The van der Waals surface area contributed by atoms with Gasteiger partial charge in [-0.3, -0.25) is 9.10 Å². The lowest BCUT2D eigenvalue weighted by Crippen LogP contribution is -2.31. The zero-order valence-corrected chi connectivity index (χ0v) is 18.5. The molecule has 0 aromatic heterocycles. The number of carbonyl (C=O) groups is 1. The highest BCUT2D eigenvalue weighted by atomic mass is 32.2. The van der Waals surface area contributed by atoms with Gasteiger partial charge < -0.3 is 5.32 Å². The van der Waals surface area contributed by atoms with Crippen LogP contribution in [0.15, 0.2) is 77.7 Å². The third-order valence-electron chi connectivity index (χ3n) is 5.83. The average molecular weight is 435 g/mol. The van der Waals surface area contributed by atoms with Gasteiger partial charge in [0.05, 0.1) is 16.6 Å². The Bertz CT molecular complexity index is 1200. The zero-order valence-electron chi connectivity index (χ0n) is 17.7. The number of amides is 1. The van der Waals surface area contributed by atoms with Crippen molar-refractivity contribution in [2.45, 2.75) is 37.1 Å². The lowest BCUT2D eigenvalue weighted by molar-refractivity contribution is 0.0932. The normalized spacial score (nSPS) is 15.7. The molecular weight excluding hydrogens is 408 g/mol. The van der Waals surface area contributed by atoms with Gasteiger partial charge in [-0.25, -0.2) is 8.42 Å². The summed E-state index contributed by atoms with van der Waals surface area (Å²) in [6.45, 7) is 1.91. The Morgan fingerprint density at radius 1 is 1.00 bits per heavy atom. The molecule has 4 rings (SSSR count). The molecule has 1 aliphatic rings. The molecular formula is C25H26N2O3S.